The summed E-state index contributed by atoms with van der Waals surface area (Å²) in [5.74, 6) is 0.771. The average molecular weight is 300 g/mol. The lowest BCUT2D eigenvalue weighted by atomic mass is 10.0. The molecule has 3 unspecified atom stereocenters. The molecular formula is C15H19Cl2NO. The number of rotatable bonds is 4. The molecule has 1 aliphatic heterocycles. The minimum Gasteiger partial charge on any atom is -0.376 e. The van der Waals surface area contributed by atoms with E-state index in [0.717, 1.165) is 29.5 Å². The van der Waals surface area contributed by atoms with Gasteiger partial charge in [0.1, 0.15) is 0 Å². The maximum atomic E-state index is 6.27. The fraction of sp³-hybridized carbons (Fsp3) is 0.600. The molecule has 2 aliphatic rings. The molecule has 2 fully saturated rings. The zero-order chi connectivity index (χ0) is 13.4. The molecule has 104 valence electrons. The van der Waals surface area contributed by atoms with E-state index < -0.39 is 0 Å². The third-order valence-electron chi connectivity index (χ3n) is 4.12. The molecule has 1 aromatic rings. The molecule has 1 saturated carbocycles. The predicted octanol–water partition coefficient (Wildman–Crippen LogP) is 4.21. The van der Waals surface area contributed by atoms with Crippen LogP contribution in [0.5, 0.6) is 0 Å². The van der Waals surface area contributed by atoms with Gasteiger partial charge in [0.25, 0.3) is 0 Å². The smallest absolute Gasteiger partial charge is 0.0757 e. The summed E-state index contributed by atoms with van der Waals surface area (Å²) in [5.41, 5.74) is 1.10. The van der Waals surface area contributed by atoms with Crippen LogP contribution < -0.4 is 5.32 Å². The third-order valence-corrected chi connectivity index (χ3v) is 4.68. The maximum absolute atomic E-state index is 6.27. The van der Waals surface area contributed by atoms with Gasteiger partial charge in [-0.05, 0) is 49.8 Å². The molecule has 1 aliphatic carbocycles. The summed E-state index contributed by atoms with van der Waals surface area (Å²) in [4.78, 5) is 0. The van der Waals surface area contributed by atoms with Crippen LogP contribution in [0.1, 0.15) is 37.8 Å². The second kappa shape index (κ2) is 5.61. The number of nitrogens with one attached hydrogen (secondary N) is 1. The van der Waals surface area contributed by atoms with Crippen LogP contribution in [0.25, 0.3) is 0 Å². The Bertz CT molecular complexity index is 461. The minimum absolute atomic E-state index is 0.220. The summed E-state index contributed by atoms with van der Waals surface area (Å²) >= 11 is 12.2. The molecule has 3 atom stereocenters. The summed E-state index contributed by atoms with van der Waals surface area (Å²) in [6.07, 6.45) is 4.13. The van der Waals surface area contributed by atoms with Crippen LogP contribution in [0.15, 0.2) is 18.2 Å². The van der Waals surface area contributed by atoms with Crippen molar-refractivity contribution in [1.29, 1.82) is 0 Å². The van der Waals surface area contributed by atoms with Crippen molar-refractivity contribution in [2.75, 3.05) is 6.61 Å². The van der Waals surface area contributed by atoms with Crippen molar-refractivity contribution in [2.45, 2.75) is 44.4 Å². The van der Waals surface area contributed by atoms with E-state index in [9.17, 15) is 0 Å². The van der Waals surface area contributed by atoms with Gasteiger partial charge in [-0.25, -0.2) is 0 Å². The monoisotopic (exact) mass is 299 g/mol. The van der Waals surface area contributed by atoms with Crippen LogP contribution in [0.3, 0.4) is 0 Å². The van der Waals surface area contributed by atoms with E-state index in [0.29, 0.717) is 17.2 Å². The Kier molecular flexibility index (Phi) is 4.04. The lowest BCUT2D eigenvalue weighted by Gasteiger charge is -2.24. The first-order valence-electron chi connectivity index (χ1n) is 6.98. The van der Waals surface area contributed by atoms with Gasteiger partial charge in [0.15, 0.2) is 0 Å². The standard InChI is InChI=1S/C15H19Cl2NO/c1-9(12-5-4-11(16)8-13(12)17)18-14-6-7-19-15(14)10-2-3-10/h4-5,8-10,14-15,18H,2-3,6-7H2,1H3. The summed E-state index contributed by atoms with van der Waals surface area (Å²) in [6, 6.07) is 6.38. The number of benzene rings is 1. The van der Waals surface area contributed by atoms with Crippen LogP contribution in [0.4, 0.5) is 0 Å². The van der Waals surface area contributed by atoms with Crippen molar-refractivity contribution >= 4 is 23.2 Å². The van der Waals surface area contributed by atoms with E-state index in [4.69, 9.17) is 27.9 Å². The highest BCUT2D eigenvalue weighted by Gasteiger charge is 2.40. The molecule has 0 spiro atoms. The van der Waals surface area contributed by atoms with Gasteiger partial charge in [0.2, 0.25) is 0 Å². The molecule has 0 amide bonds. The second-order valence-corrected chi connectivity index (χ2v) is 6.47. The summed E-state index contributed by atoms with van der Waals surface area (Å²) in [5, 5.41) is 5.09. The van der Waals surface area contributed by atoms with Gasteiger partial charge < -0.3 is 10.1 Å². The molecular weight excluding hydrogens is 281 g/mol. The normalized spacial score (nSPS) is 28.6. The van der Waals surface area contributed by atoms with E-state index in [1.807, 2.05) is 12.1 Å². The van der Waals surface area contributed by atoms with E-state index in [-0.39, 0.29) is 6.04 Å². The van der Waals surface area contributed by atoms with Crippen LogP contribution in [0, 0.1) is 5.92 Å². The van der Waals surface area contributed by atoms with E-state index >= 15 is 0 Å². The molecule has 19 heavy (non-hydrogen) atoms. The first-order chi connectivity index (χ1) is 9.15. The van der Waals surface area contributed by atoms with Crippen molar-refractivity contribution in [3.63, 3.8) is 0 Å². The van der Waals surface area contributed by atoms with Gasteiger partial charge in [-0.15, -0.1) is 0 Å². The van der Waals surface area contributed by atoms with Crippen molar-refractivity contribution < 1.29 is 4.74 Å². The van der Waals surface area contributed by atoms with E-state index in [1.165, 1.54) is 12.8 Å². The Morgan fingerprint density at radius 3 is 2.74 bits per heavy atom. The fourth-order valence-corrected chi connectivity index (χ4v) is 3.51. The zero-order valence-corrected chi connectivity index (χ0v) is 12.5. The average Bonchev–Trinajstić information content (AvgIpc) is 3.10. The molecule has 1 aromatic carbocycles. The summed E-state index contributed by atoms with van der Waals surface area (Å²) in [6.45, 7) is 3.03. The van der Waals surface area contributed by atoms with Gasteiger partial charge in [-0.2, -0.15) is 0 Å². The predicted molar refractivity (Wildman–Crippen MR) is 78.9 cm³/mol. The molecule has 1 heterocycles. The molecule has 1 saturated heterocycles. The molecule has 1 N–H and O–H groups in total. The lowest BCUT2D eigenvalue weighted by molar-refractivity contribution is 0.0793. The largest absolute Gasteiger partial charge is 0.376 e. The van der Waals surface area contributed by atoms with Crippen molar-refractivity contribution in [1.82, 2.24) is 5.32 Å². The molecule has 0 bridgehead atoms. The number of ether oxygens (including phenoxy) is 1. The molecule has 3 rings (SSSR count). The highest BCUT2D eigenvalue weighted by Crippen LogP contribution is 2.39. The Morgan fingerprint density at radius 1 is 1.26 bits per heavy atom. The Hall–Kier alpha value is -0.280. The van der Waals surface area contributed by atoms with Gasteiger partial charge >= 0.3 is 0 Å². The number of hydrogen-bond acceptors (Lipinski definition) is 2. The molecule has 0 radical (unpaired) electrons. The SMILES string of the molecule is CC(NC1CCOC1C1CC1)c1ccc(Cl)cc1Cl. The first-order valence-corrected chi connectivity index (χ1v) is 7.73. The second-order valence-electron chi connectivity index (χ2n) is 5.62. The summed E-state index contributed by atoms with van der Waals surface area (Å²) < 4.78 is 5.86. The van der Waals surface area contributed by atoms with Crippen LogP contribution in [0.2, 0.25) is 10.0 Å². The highest BCUT2D eigenvalue weighted by atomic mass is 35.5. The molecule has 4 heteroatoms. The van der Waals surface area contributed by atoms with Gasteiger partial charge in [0, 0.05) is 28.7 Å². The minimum atomic E-state index is 0.220. The van der Waals surface area contributed by atoms with Gasteiger partial charge in [-0.1, -0.05) is 29.3 Å². The fourth-order valence-electron chi connectivity index (χ4n) is 2.94. The zero-order valence-electron chi connectivity index (χ0n) is 11.0. The number of halogens is 2. The summed E-state index contributed by atoms with van der Waals surface area (Å²) in [7, 11) is 0. The number of hydrogen-bond donors (Lipinski definition) is 1. The lowest BCUT2D eigenvalue weighted by Crippen LogP contribution is -2.39. The Balaban J connectivity index is 1.68. The topological polar surface area (TPSA) is 21.3 Å². The molecule has 2 nitrogen and oxygen atoms in total. The Morgan fingerprint density at radius 2 is 2.05 bits per heavy atom. The van der Waals surface area contributed by atoms with E-state index in [1.54, 1.807) is 6.07 Å². The first kappa shape index (κ1) is 13.7. The van der Waals surface area contributed by atoms with Crippen LogP contribution in [-0.4, -0.2) is 18.8 Å². The highest BCUT2D eigenvalue weighted by molar-refractivity contribution is 6.35. The molecule has 0 aromatic heterocycles. The Labute approximate surface area is 124 Å². The maximum Gasteiger partial charge on any atom is 0.0757 e. The van der Waals surface area contributed by atoms with Crippen molar-refractivity contribution in [3.8, 4) is 0 Å². The quantitative estimate of drug-likeness (QED) is 0.899. The van der Waals surface area contributed by atoms with E-state index in [2.05, 4.69) is 12.2 Å². The van der Waals surface area contributed by atoms with Gasteiger partial charge in [-0.3, -0.25) is 0 Å². The van der Waals surface area contributed by atoms with Crippen molar-refractivity contribution in [3.05, 3.63) is 33.8 Å². The van der Waals surface area contributed by atoms with Crippen molar-refractivity contribution in [2.24, 2.45) is 5.92 Å². The third kappa shape index (κ3) is 3.08. The van der Waals surface area contributed by atoms with Crippen LogP contribution in [-0.2, 0) is 4.74 Å². The van der Waals surface area contributed by atoms with Crippen LogP contribution >= 0.6 is 23.2 Å². The van der Waals surface area contributed by atoms with Gasteiger partial charge in [0.05, 0.1) is 6.10 Å².